The van der Waals surface area contributed by atoms with Gasteiger partial charge in [0.2, 0.25) is 5.91 Å². The summed E-state index contributed by atoms with van der Waals surface area (Å²) >= 11 is 3.28. The Morgan fingerprint density at radius 2 is 2.00 bits per heavy atom. The molecule has 0 aliphatic heterocycles. The fourth-order valence-electron chi connectivity index (χ4n) is 1.31. The molecule has 0 radical (unpaired) electrons. The van der Waals surface area contributed by atoms with Crippen LogP contribution in [0.2, 0.25) is 0 Å². The summed E-state index contributed by atoms with van der Waals surface area (Å²) in [5.74, 6) is 0.572. The van der Waals surface area contributed by atoms with Crippen molar-refractivity contribution in [2.45, 2.75) is 6.54 Å². The number of rotatable bonds is 3. The molecule has 1 amide bonds. The first kappa shape index (κ1) is 12.7. The van der Waals surface area contributed by atoms with Crippen LogP contribution in [0.3, 0.4) is 0 Å². The van der Waals surface area contributed by atoms with Gasteiger partial charge in [0, 0.05) is 32.7 Å². The Morgan fingerprint density at radius 3 is 2.61 bits per heavy atom. The molecule has 2 aromatic rings. The average Bonchev–Trinajstić information content (AvgIpc) is 2.78. The van der Waals surface area contributed by atoms with Crippen LogP contribution in [-0.4, -0.2) is 44.7 Å². The first-order valence-corrected chi connectivity index (χ1v) is 6.06. The van der Waals surface area contributed by atoms with Crippen LogP contribution in [0.4, 0.5) is 0 Å². The summed E-state index contributed by atoms with van der Waals surface area (Å²) in [7, 11) is 3.43. The van der Waals surface area contributed by atoms with Crippen molar-refractivity contribution >= 4 is 21.8 Å². The smallest absolute Gasteiger partial charge is 0.243 e. The van der Waals surface area contributed by atoms with E-state index in [4.69, 9.17) is 0 Å². The molecule has 2 aromatic heterocycles. The van der Waals surface area contributed by atoms with Gasteiger partial charge in [0.25, 0.3) is 0 Å². The van der Waals surface area contributed by atoms with E-state index in [9.17, 15) is 4.79 Å². The van der Waals surface area contributed by atoms with E-state index in [1.807, 2.05) is 0 Å². The molecule has 0 bridgehead atoms. The summed E-state index contributed by atoms with van der Waals surface area (Å²) in [5, 5.41) is 4.11. The topological polar surface area (TPSA) is 63.9 Å². The van der Waals surface area contributed by atoms with Crippen LogP contribution in [0, 0.1) is 0 Å². The van der Waals surface area contributed by atoms with Gasteiger partial charge in [0.05, 0.1) is 16.2 Å². The maximum Gasteiger partial charge on any atom is 0.243 e. The largest absolute Gasteiger partial charge is 0.347 e. The fraction of sp³-hybridized carbons (Fsp3) is 0.273. The number of carbonyl (C=O) groups excluding carboxylic acids is 1. The summed E-state index contributed by atoms with van der Waals surface area (Å²) < 4.78 is 2.39. The number of likely N-dealkylation sites (N-methyl/N-ethyl adjacent to an activating group) is 1. The maximum atomic E-state index is 11.5. The van der Waals surface area contributed by atoms with Crippen LogP contribution in [0.1, 0.15) is 0 Å². The predicted molar refractivity (Wildman–Crippen MR) is 69.6 cm³/mol. The molecule has 0 saturated carbocycles. The van der Waals surface area contributed by atoms with E-state index < -0.39 is 0 Å². The number of hydrogen-bond acceptors (Lipinski definition) is 4. The van der Waals surface area contributed by atoms with Gasteiger partial charge in [-0.05, 0) is 15.9 Å². The minimum absolute atomic E-state index is 0.0126. The van der Waals surface area contributed by atoms with E-state index in [0.717, 1.165) is 10.0 Å². The third-order valence-corrected chi connectivity index (χ3v) is 2.72. The monoisotopic (exact) mass is 309 g/mol. The molecule has 18 heavy (non-hydrogen) atoms. The Labute approximate surface area is 113 Å². The number of hydrogen-bond donors (Lipinski definition) is 0. The average molecular weight is 310 g/mol. The molecule has 0 atom stereocenters. The van der Waals surface area contributed by atoms with Crippen molar-refractivity contribution in [1.82, 2.24) is 24.6 Å². The van der Waals surface area contributed by atoms with Crippen molar-refractivity contribution in [3.8, 4) is 11.4 Å². The molecular weight excluding hydrogens is 298 g/mol. The summed E-state index contributed by atoms with van der Waals surface area (Å²) in [6, 6.07) is 0. The highest BCUT2D eigenvalue weighted by Crippen LogP contribution is 2.14. The Kier molecular flexibility index (Phi) is 3.71. The Balaban J connectivity index is 2.15. The second kappa shape index (κ2) is 5.26. The zero-order chi connectivity index (χ0) is 13.1. The van der Waals surface area contributed by atoms with E-state index >= 15 is 0 Å². The van der Waals surface area contributed by atoms with Crippen LogP contribution >= 0.6 is 15.9 Å². The zero-order valence-electron chi connectivity index (χ0n) is 10.0. The van der Waals surface area contributed by atoms with Gasteiger partial charge in [-0.2, -0.15) is 5.10 Å². The first-order valence-electron chi connectivity index (χ1n) is 5.27. The Morgan fingerprint density at radius 1 is 1.33 bits per heavy atom. The van der Waals surface area contributed by atoms with Gasteiger partial charge < -0.3 is 4.90 Å². The van der Waals surface area contributed by atoms with E-state index in [1.54, 1.807) is 43.6 Å². The van der Waals surface area contributed by atoms with E-state index in [2.05, 4.69) is 31.0 Å². The van der Waals surface area contributed by atoms with Crippen LogP contribution in [-0.2, 0) is 11.3 Å². The van der Waals surface area contributed by atoms with Gasteiger partial charge >= 0.3 is 0 Å². The van der Waals surface area contributed by atoms with Crippen LogP contribution < -0.4 is 0 Å². The molecule has 0 aromatic carbocycles. The van der Waals surface area contributed by atoms with Gasteiger partial charge in [0.15, 0.2) is 5.82 Å². The Bertz CT molecular complexity index is 549. The standard InChI is InChI=1S/C11H12BrN5O/c1-16(2)10(18)7-17-6-8(3-15-17)11-13-4-9(12)5-14-11/h3-6H,7H2,1-2H3. The minimum atomic E-state index is -0.0126. The molecule has 0 unspecified atom stereocenters. The van der Waals surface area contributed by atoms with E-state index in [0.29, 0.717) is 5.82 Å². The van der Waals surface area contributed by atoms with E-state index in [-0.39, 0.29) is 12.5 Å². The quantitative estimate of drug-likeness (QED) is 0.854. The summed E-state index contributed by atoms with van der Waals surface area (Å²) in [6.07, 6.45) is 6.74. The number of halogens is 1. The third-order valence-electron chi connectivity index (χ3n) is 2.31. The van der Waals surface area contributed by atoms with Gasteiger partial charge in [0.1, 0.15) is 6.54 Å². The summed E-state index contributed by atoms with van der Waals surface area (Å²) in [6.45, 7) is 0.212. The molecular formula is C11H12BrN5O. The molecule has 0 spiro atoms. The summed E-state index contributed by atoms with van der Waals surface area (Å²) in [5.41, 5.74) is 0.786. The molecule has 7 heteroatoms. The zero-order valence-corrected chi connectivity index (χ0v) is 11.6. The molecule has 0 aliphatic carbocycles. The number of aromatic nitrogens is 4. The molecule has 0 saturated heterocycles. The molecule has 6 nitrogen and oxygen atoms in total. The maximum absolute atomic E-state index is 11.5. The molecule has 2 rings (SSSR count). The first-order chi connectivity index (χ1) is 8.56. The fourth-order valence-corrected chi connectivity index (χ4v) is 1.51. The van der Waals surface area contributed by atoms with Crippen LogP contribution in [0.25, 0.3) is 11.4 Å². The van der Waals surface area contributed by atoms with Gasteiger partial charge in [-0.15, -0.1) is 0 Å². The van der Waals surface area contributed by atoms with Crippen molar-refractivity contribution in [1.29, 1.82) is 0 Å². The highest BCUT2D eigenvalue weighted by atomic mass is 79.9. The minimum Gasteiger partial charge on any atom is -0.347 e. The summed E-state index contributed by atoms with van der Waals surface area (Å²) in [4.78, 5) is 21.4. The van der Waals surface area contributed by atoms with Crippen molar-refractivity contribution in [3.05, 3.63) is 29.3 Å². The molecule has 0 N–H and O–H groups in total. The third kappa shape index (κ3) is 2.92. The number of nitrogens with zero attached hydrogens (tertiary/aromatic N) is 5. The normalized spacial score (nSPS) is 10.4. The number of carbonyl (C=O) groups is 1. The van der Waals surface area contributed by atoms with Crippen molar-refractivity contribution < 1.29 is 4.79 Å². The highest BCUT2D eigenvalue weighted by Gasteiger charge is 2.08. The van der Waals surface area contributed by atoms with Crippen LogP contribution in [0.5, 0.6) is 0 Å². The lowest BCUT2D eigenvalue weighted by molar-refractivity contribution is -0.129. The Hall–Kier alpha value is -1.76. The lowest BCUT2D eigenvalue weighted by Gasteiger charge is -2.09. The molecule has 0 fully saturated rings. The van der Waals surface area contributed by atoms with Gasteiger partial charge in [-0.3, -0.25) is 9.48 Å². The number of amides is 1. The second-order valence-electron chi connectivity index (χ2n) is 3.94. The highest BCUT2D eigenvalue weighted by molar-refractivity contribution is 9.10. The molecule has 0 aliphatic rings. The van der Waals surface area contributed by atoms with E-state index in [1.165, 1.54) is 4.90 Å². The molecule has 94 valence electrons. The van der Waals surface area contributed by atoms with Crippen molar-refractivity contribution in [2.75, 3.05) is 14.1 Å². The van der Waals surface area contributed by atoms with Crippen LogP contribution in [0.15, 0.2) is 29.3 Å². The lowest BCUT2D eigenvalue weighted by atomic mass is 10.3. The predicted octanol–water partition coefficient (Wildman–Crippen LogP) is 1.19. The lowest BCUT2D eigenvalue weighted by Crippen LogP contribution is -2.26. The molecule has 2 heterocycles. The second-order valence-corrected chi connectivity index (χ2v) is 4.86. The van der Waals surface area contributed by atoms with Crippen molar-refractivity contribution in [3.63, 3.8) is 0 Å². The van der Waals surface area contributed by atoms with Gasteiger partial charge in [-0.25, -0.2) is 9.97 Å². The van der Waals surface area contributed by atoms with Crippen molar-refractivity contribution in [2.24, 2.45) is 0 Å². The van der Waals surface area contributed by atoms with Gasteiger partial charge in [-0.1, -0.05) is 0 Å². The SMILES string of the molecule is CN(C)C(=O)Cn1cc(-c2ncc(Br)cn2)cn1.